The monoisotopic (exact) mass is 370 g/mol. The molecule has 1 atom stereocenters. The van der Waals surface area contributed by atoms with E-state index in [1.807, 2.05) is 50.5 Å². The first kappa shape index (κ1) is 17.9. The Morgan fingerprint density at radius 3 is 2.43 bits per heavy atom. The maximum atomic E-state index is 4.64. The summed E-state index contributed by atoms with van der Waals surface area (Å²) in [6, 6.07) is 16.2. The fourth-order valence-electron chi connectivity index (χ4n) is 3.13. The van der Waals surface area contributed by atoms with Crippen LogP contribution in [-0.4, -0.2) is 24.5 Å². The van der Waals surface area contributed by atoms with Crippen molar-refractivity contribution in [3.63, 3.8) is 0 Å². The quantitative estimate of drug-likeness (QED) is 0.560. The number of anilines is 1. The van der Waals surface area contributed by atoms with Crippen molar-refractivity contribution < 1.29 is 0 Å². The summed E-state index contributed by atoms with van der Waals surface area (Å²) < 4.78 is 2.06. The van der Waals surface area contributed by atoms with Crippen LogP contribution in [0.5, 0.6) is 0 Å². The Morgan fingerprint density at radius 1 is 0.929 bits per heavy atom. The molecule has 0 radical (unpaired) electrons. The molecule has 0 spiro atoms. The fourth-order valence-corrected chi connectivity index (χ4v) is 3.13. The molecule has 0 amide bonds. The van der Waals surface area contributed by atoms with E-state index < -0.39 is 0 Å². The maximum absolute atomic E-state index is 4.64. The molecule has 0 bridgehead atoms. The zero-order valence-corrected chi connectivity index (χ0v) is 16.2. The van der Waals surface area contributed by atoms with Gasteiger partial charge in [-0.25, -0.2) is 15.0 Å². The Balaban J connectivity index is 1.54. The van der Waals surface area contributed by atoms with Gasteiger partial charge >= 0.3 is 0 Å². The van der Waals surface area contributed by atoms with E-state index >= 15 is 0 Å². The van der Waals surface area contributed by atoms with E-state index in [1.165, 1.54) is 5.56 Å². The number of hydrogen-bond donors (Lipinski definition) is 1. The van der Waals surface area contributed by atoms with Crippen LogP contribution in [0.4, 0.5) is 5.82 Å². The third-order valence-corrected chi connectivity index (χ3v) is 4.61. The van der Waals surface area contributed by atoms with Crippen LogP contribution in [-0.2, 0) is 0 Å². The molecule has 0 saturated heterocycles. The van der Waals surface area contributed by atoms with Gasteiger partial charge in [0.1, 0.15) is 17.3 Å². The zero-order valence-electron chi connectivity index (χ0n) is 16.2. The first-order chi connectivity index (χ1) is 13.6. The molecule has 6 nitrogen and oxygen atoms in total. The summed E-state index contributed by atoms with van der Waals surface area (Å²) in [6.07, 6.45) is 5.53. The summed E-state index contributed by atoms with van der Waals surface area (Å²) in [5.41, 5.74) is 3.94. The molecule has 140 valence electrons. The topological polar surface area (TPSA) is 68.5 Å². The van der Waals surface area contributed by atoms with Gasteiger partial charge in [-0.2, -0.15) is 0 Å². The highest BCUT2D eigenvalue weighted by Gasteiger charge is 2.10. The number of hydrogen-bond acceptors (Lipinski definition) is 5. The lowest BCUT2D eigenvalue weighted by atomic mass is 10.1. The molecule has 28 heavy (non-hydrogen) atoms. The van der Waals surface area contributed by atoms with Crippen LogP contribution >= 0.6 is 0 Å². The van der Waals surface area contributed by atoms with Gasteiger partial charge in [-0.05, 0) is 50.6 Å². The van der Waals surface area contributed by atoms with Gasteiger partial charge in [-0.15, -0.1) is 0 Å². The first-order valence-corrected chi connectivity index (χ1v) is 9.24. The molecule has 3 aromatic heterocycles. The van der Waals surface area contributed by atoms with Gasteiger partial charge in [0, 0.05) is 42.1 Å². The molecule has 0 fully saturated rings. The second-order valence-electron chi connectivity index (χ2n) is 6.74. The maximum Gasteiger partial charge on any atom is 0.180 e. The molecule has 0 aliphatic heterocycles. The van der Waals surface area contributed by atoms with Gasteiger partial charge in [0.25, 0.3) is 0 Å². The highest BCUT2D eigenvalue weighted by Crippen LogP contribution is 2.22. The number of aromatic nitrogens is 5. The summed E-state index contributed by atoms with van der Waals surface area (Å²) in [4.78, 5) is 17.8. The van der Waals surface area contributed by atoms with Gasteiger partial charge < -0.3 is 9.88 Å². The van der Waals surface area contributed by atoms with E-state index in [4.69, 9.17) is 0 Å². The van der Waals surface area contributed by atoms with E-state index in [0.717, 1.165) is 28.7 Å². The second-order valence-corrected chi connectivity index (χ2v) is 6.74. The van der Waals surface area contributed by atoms with Crippen LogP contribution in [0, 0.1) is 13.8 Å². The van der Waals surface area contributed by atoms with Crippen molar-refractivity contribution in [3.8, 4) is 17.2 Å². The molecule has 4 rings (SSSR count). The average Bonchev–Trinajstić information content (AvgIpc) is 3.14. The highest BCUT2D eigenvalue weighted by molar-refractivity contribution is 5.53. The van der Waals surface area contributed by atoms with E-state index in [-0.39, 0.29) is 6.04 Å². The number of imidazole rings is 1. The third kappa shape index (κ3) is 3.76. The number of pyridine rings is 1. The van der Waals surface area contributed by atoms with Crippen molar-refractivity contribution >= 4 is 5.82 Å². The summed E-state index contributed by atoms with van der Waals surface area (Å²) in [5, 5.41) is 3.48. The molecule has 3 heterocycles. The van der Waals surface area contributed by atoms with E-state index in [0.29, 0.717) is 5.82 Å². The molecule has 0 unspecified atom stereocenters. The van der Waals surface area contributed by atoms with Crippen LogP contribution < -0.4 is 5.32 Å². The molecule has 6 heteroatoms. The van der Waals surface area contributed by atoms with Crippen molar-refractivity contribution in [3.05, 3.63) is 84.2 Å². The fraction of sp³-hybridized carbons (Fsp3) is 0.182. The second kappa shape index (κ2) is 7.60. The van der Waals surface area contributed by atoms with E-state index in [9.17, 15) is 0 Å². The number of nitrogens with zero attached hydrogens (tertiary/aromatic N) is 5. The zero-order chi connectivity index (χ0) is 19.5. The van der Waals surface area contributed by atoms with Gasteiger partial charge in [0.15, 0.2) is 5.82 Å². The molecule has 0 saturated carbocycles. The van der Waals surface area contributed by atoms with Crippen LogP contribution in [0.1, 0.15) is 30.0 Å². The normalized spacial score (nSPS) is 12.0. The average molecular weight is 370 g/mol. The number of benzene rings is 1. The van der Waals surface area contributed by atoms with Gasteiger partial charge in [-0.1, -0.05) is 18.2 Å². The molecule has 0 aliphatic carbocycles. The molecule has 1 N–H and O–H groups in total. The lowest BCUT2D eigenvalue weighted by Gasteiger charge is -2.16. The largest absolute Gasteiger partial charge is 0.363 e. The van der Waals surface area contributed by atoms with Crippen LogP contribution in [0.15, 0.2) is 67.1 Å². The minimum absolute atomic E-state index is 0.101. The van der Waals surface area contributed by atoms with Crippen molar-refractivity contribution in [2.24, 2.45) is 0 Å². The molecule has 4 aromatic rings. The molecule has 0 aliphatic rings. The third-order valence-electron chi connectivity index (χ3n) is 4.61. The molecular formula is C22H22N6. The number of nitrogens with one attached hydrogen (secondary N) is 1. The molecular weight excluding hydrogens is 348 g/mol. The van der Waals surface area contributed by atoms with Crippen molar-refractivity contribution in [1.82, 2.24) is 24.5 Å². The SMILES string of the molecule is Cc1cc(N[C@@H](C)c2ccc(-n3ccnc3C)cc2)nc(-c2ccccn2)n1. The predicted octanol–water partition coefficient (Wildman–Crippen LogP) is 4.51. The first-order valence-electron chi connectivity index (χ1n) is 9.24. The van der Waals surface area contributed by atoms with Gasteiger partial charge in [0.2, 0.25) is 0 Å². The Labute approximate surface area is 164 Å². The lowest BCUT2D eigenvalue weighted by Crippen LogP contribution is -2.09. The van der Waals surface area contributed by atoms with Crippen molar-refractivity contribution in [1.29, 1.82) is 0 Å². The van der Waals surface area contributed by atoms with Crippen molar-refractivity contribution in [2.75, 3.05) is 5.32 Å². The Hall–Kier alpha value is -3.54. The van der Waals surface area contributed by atoms with Crippen LogP contribution in [0.25, 0.3) is 17.2 Å². The predicted molar refractivity (Wildman–Crippen MR) is 110 cm³/mol. The Morgan fingerprint density at radius 2 is 1.75 bits per heavy atom. The standard InChI is InChI=1S/C22H22N6/c1-15-14-21(27-22(25-15)20-6-4-5-11-24-20)26-16(2)18-7-9-19(10-8-18)28-13-12-23-17(28)3/h4-14,16H,1-3H3,(H,25,26,27)/t16-/m0/s1. The minimum Gasteiger partial charge on any atom is -0.363 e. The Kier molecular flexibility index (Phi) is 4.85. The van der Waals surface area contributed by atoms with E-state index in [2.05, 4.69) is 61.0 Å². The van der Waals surface area contributed by atoms with Gasteiger partial charge in [-0.3, -0.25) is 4.98 Å². The summed E-state index contributed by atoms with van der Waals surface area (Å²) in [7, 11) is 0. The van der Waals surface area contributed by atoms with Crippen LogP contribution in [0.2, 0.25) is 0 Å². The van der Waals surface area contributed by atoms with E-state index in [1.54, 1.807) is 6.20 Å². The summed E-state index contributed by atoms with van der Waals surface area (Å²) in [5.74, 6) is 2.38. The summed E-state index contributed by atoms with van der Waals surface area (Å²) in [6.45, 7) is 6.08. The smallest absolute Gasteiger partial charge is 0.180 e. The summed E-state index contributed by atoms with van der Waals surface area (Å²) >= 11 is 0. The lowest BCUT2D eigenvalue weighted by molar-refractivity contribution is 0.868. The number of aryl methyl sites for hydroxylation is 2. The minimum atomic E-state index is 0.101. The van der Waals surface area contributed by atoms with Crippen LogP contribution in [0.3, 0.4) is 0 Å². The highest BCUT2D eigenvalue weighted by atomic mass is 15.1. The Bertz CT molecular complexity index is 1070. The van der Waals surface area contributed by atoms with Crippen molar-refractivity contribution in [2.45, 2.75) is 26.8 Å². The number of rotatable bonds is 5. The molecule has 1 aromatic carbocycles. The van der Waals surface area contributed by atoms with Gasteiger partial charge in [0.05, 0.1) is 0 Å².